The molecule has 0 fully saturated rings. The van der Waals surface area contributed by atoms with E-state index in [-0.39, 0.29) is 95.2 Å². The molecule has 1 atom stereocenters. The molecular weight excluding hydrogens is 433 g/mol. The summed E-state index contributed by atoms with van der Waals surface area (Å²) in [6.07, 6.45) is 12.1. The molecule has 0 aromatic carbocycles. The van der Waals surface area contributed by atoms with E-state index in [1.54, 1.807) is 0 Å². The molecule has 0 aliphatic heterocycles. The van der Waals surface area contributed by atoms with Gasteiger partial charge in [-0.05, 0) is 13.0 Å². The smallest absolute Gasteiger partial charge is 0.810 e. The van der Waals surface area contributed by atoms with Gasteiger partial charge < -0.3 is 28.7 Å². The average Bonchev–Trinajstić information content (AvgIpc) is 2.45. The van der Waals surface area contributed by atoms with Crippen LogP contribution < -0.4 is 103 Å². The van der Waals surface area contributed by atoms with Crippen molar-refractivity contribution in [1.29, 1.82) is 0 Å². The van der Waals surface area contributed by atoms with Crippen LogP contribution in [-0.4, -0.2) is 28.9 Å². The van der Waals surface area contributed by atoms with Gasteiger partial charge in [0.15, 0.2) is 0 Å². The fourth-order valence-corrected chi connectivity index (χ4v) is 4.50. The van der Waals surface area contributed by atoms with E-state index in [0.717, 1.165) is 24.2 Å². The molecule has 0 aliphatic carbocycles. The molecule has 0 radical (unpaired) electrons. The van der Waals surface area contributed by atoms with Crippen LogP contribution in [0.25, 0.3) is 0 Å². The summed E-state index contributed by atoms with van der Waals surface area (Å²) in [6.45, 7) is 2.39. The number of rotatable bonds is 17. The molecule has 0 bridgehead atoms. The summed E-state index contributed by atoms with van der Waals surface area (Å²) in [5.74, 6) is 0. The molecule has 12 heteroatoms. The zero-order valence-electron chi connectivity index (χ0n) is 18.4. The summed E-state index contributed by atoms with van der Waals surface area (Å²) < 4.78 is 21.7. The first-order valence-electron chi connectivity index (χ1n) is 9.40. The van der Waals surface area contributed by atoms with E-state index in [1.165, 1.54) is 51.4 Å². The minimum absolute atomic E-state index is 0. The Bertz CT molecular complexity index is 399. The van der Waals surface area contributed by atoms with Crippen LogP contribution in [0.2, 0.25) is 0 Å². The summed E-state index contributed by atoms with van der Waals surface area (Å²) in [5, 5.41) is 0. The van der Waals surface area contributed by atoms with Crippen LogP contribution in [0.5, 0.6) is 0 Å². The van der Waals surface area contributed by atoms with Crippen molar-refractivity contribution in [3.63, 3.8) is 0 Å². The third-order valence-electron chi connectivity index (χ3n) is 4.08. The Kier molecular flexibility index (Phi) is 32.2. The number of hydrogen-bond donors (Lipinski definition) is 1. The Hall–Kier alpha value is 3.26. The molecule has 0 saturated carbocycles. The number of unbranched alkanes of at least 4 members (excludes halogenated alkanes) is 11. The zero-order chi connectivity index (χ0) is 19.2. The molecule has 28 heavy (non-hydrogen) atoms. The van der Waals surface area contributed by atoms with Gasteiger partial charge in [0.1, 0.15) is 7.60 Å². The third-order valence-corrected chi connectivity index (χ3v) is 5.58. The van der Waals surface area contributed by atoms with Gasteiger partial charge in [-0.1, -0.05) is 85.1 Å². The molecule has 0 aliphatic rings. The Morgan fingerprint density at radius 3 is 1.36 bits per heavy atom. The van der Waals surface area contributed by atoms with Crippen LogP contribution >= 0.6 is 15.2 Å². The largest absolute Gasteiger partial charge is 1.00 e. The van der Waals surface area contributed by atoms with E-state index in [2.05, 4.69) is 6.92 Å². The van der Waals surface area contributed by atoms with Crippen molar-refractivity contribution in [2.75, 3.05) is 19.1 Å². The van der Waals surface area contributed by atoms with Crippen LogP contribution in [0.4, 0.5) is 0 Å². The van der Waals surface area contributed by atoms with Gasteiger partial charge in [0.05, 0.1) is 6.29 Å². The predicted octanol–water partition coefficient (Wildman–Crippen LogP) is -6.62. The molecule has 152 valence electrons. The summed E-state index contributed by atoms with van der Waals surface area (Å²) in [7, 11) is -9.45. The summed E-state index contributed by atoms with van der Waals surface area (Å²) in [4.78, 5) is 42.3. The molecule has 0 heterocycles. The van der Waals surface area contributed by atoms with Crippen molar-refractivity contribution >= 4 is 15.2 Å². The van der Waals surface area contributed by atoms with Crippen LogP contribution in [0.3, 0.4) is 0 Å². The maximum atomic E-state index is 10.9. The van der Waals surface area contributed by atoms with Crippen molar-refractivity contribution in [2.24, 2.45) is 0 Å². The first kappa shape index (κ1) is 38.5. The quantitative estimate of drug-likeness (QED) is 0.128. The van der Waals surface area contributed by atoms with E-state index in [4.69, 9.17) is 4.89 Å². The molecule has 0 amide bonds. The van der Waals surface area contributed by atoms with Gasteiger partial charge in [-0.2, -0.15) is 0 Å². The molecule has 0 aromatic heterocycles. The van der Waals surface area contributed by atoms with Crippen LogP contribution in [0, 0.1) is 0 Å². The van der Waals surface area contributed by atoms with Crippen molar-refractivity contribution in [3.8, 4) is 0 Å². The first-order valence-corrected chi connectivity index (χ1v) is 12.9. The minimum Gasteiger partial charge on any atom is -0.810 e. The molecular formula is C16H34NNa3O6P2. The summed E-state index contributed by atoms with van der Waals surface area (Å²) in [6, 6.07) is 0. The van der Waals surface area contributed by atoms with Crippen molar-refractivity contribution in [2.45, 2.75) is 84.0 Å². The van der Waals surface area contributed by atoms with Gasteiger partial charge in [-0.3, -0.25) is 4.90 Å². The maximum absolute atomic E-state index is 10.9. The van der Waals surface area contributed by atoms with Gasteiger partial charge >= 0.3 is 88.7 Å². The SMILES string of the molecule is CCCCCCCCCCCCCCN(CP(=O)([O-])[O-])CP(=O)([O-])O.[Na+].[Na+].[Na+]. The van der Waals surface area contributed by atoms with Gasteiger partial charge in [0.25, 0.3) is 0 Å². The van der Waals surface area contributed by atoms with Crippen LogP contribution in [0.1, 0.15) is 84.0 Å². The summed E-state index contributed by atoms with van der Waals surface area (Å²) in [5.41, 5.74) is 0. The minimum atomic E-state index is -4.84. The van der Waals surface area contributed by atoms with E-state index in [0.29, 0.717) is 6.42 Å². The normalized spacial score (nSPS) is 13.2. The van der Waals surface area contributed by atoms with Crippen molar-refractivity contribution in [1.82, 2.24) is 4.90 Å². The Labute approximate surface area is 237 Å². The van der Waals surface area contributed by atoms with Crippen LogP contribution in [0.15, 0.2) is 0 Å². The van der Waals surface area contributed by atoms with Gasteiger partial charge in [0.2, 0.25) is 0 Å². The maximum Gasteiger partial charge on any atom is 1.00 e. The molecule has 7 nitrogen and oxygen atoms in total. The Morgan fingerprint density at radius 2 is 1.04 bits per heavy atom. The summed E-state index contributed by atoms with van der Waals surface area (Å²) >= 11 is 0. The van der Waals surface area contributed by atoms with Gasteiger partial charge in [-0.25, -0.2) is 0 Å². The topological polar surface area (TPSA) is 127 Å². The van der Waals surface area contributed by atoms with Gasteiger partial charge in [0, 0.05) is 6.29 Å². The fourth-order valence-electron chi connectivity index (χ4n) is 2.86. The second-order valence-corrected chi connectivity index (χ2v) is 9.88. The first-order chi connectivity index (χ1) is 11.6. The zero-order valence-corrected chi connectivity index (χ0v) is 26.2. The number of hydrogen-bond acceptors (Lipinski definition) is 6. The second kappa shape index (κ2) is 23.4. The Morgan fingerprint density at radius 1 is 0.679 bits per heavy atom. The van der Waals surface area contributed by atoms with E-state index in [1.807, 2.05) is 0 Å². The van der Waals surface area contributed by atoms with Crippen molar-refractivity contribution in [3.05, 3.63) is 0 Å². The third kappa shape index (κ3) is 31.4. The molecule has 0 rings (SSSR count). The second-order valence-electron chi connectivity index (χ2n) is 6.81. The van der Waals surface area contributed by atoms with E-state index in [9.17, 15) is 23.8 Å². The Balaban J connectivity index is -0.000000960. The molecule has 1 unspecified atom stereocenters. The molecule has 0 spiro atoms. The molecule has 0 aromatic rings. The molecule has 1 N–H and O–H groups in total. The predicted molar refractivity (Wildman–Crippen MR) is 94.9 cm³/mol. The molecule has 0 saturated heterocycles. The van der Waals surface area contributed by atoms with Crippen LogP contribution in [-0.2, 0) is 9.13 Å². The van der Waals surface area contributed by atoms with Crippen molar-refractivity contribution < 1.29 is 117 Å². The fraction of sp³-hybridized carbons (Fsp3) is 1.00. The van der Waals surface area contributed by atoms with E-state index < -0.39 is 27.8 Å². The van der Waals surface area contributed by atoms with E-state index >= 15 is 0 Å². The van der Waals surface area contributed by atoms with Gasteiger partial charge in [-0.15, -0.1) is 0 Å². The number of nitrogens with zero attached hydrogens (tertiary/aromatic N) is 1. The monoisotopic (exact) mass is 467 g/mol. The standard InChI is InChI=1S/C16H37NO6P2.3Na/c1-2-3-4-5-6-7-8-9-10-11-12-13-14-17(15-24(18,19)20)16-25(21,22)23;;;/h2-16H2,1H3,(H2,18,19,20)(H2,21,22,23);;;/q;3*+1/p-3. The average molecular weight is 467 g/mol.